The monoisotopic (exact) mass is 313 g/mol. The van der Waals surface area contributed by atoms with Crippen LogP contribution >= 0.6 is 0 Å². The minimum atomic E-state index is 0.729. The van der Waals surface area contributed by atoms with Crippen molar-refractivity contribution >= 4 is 0 Å². The van der Waals surface area contributed by atoms with E-state index in [0.717, 1.165) is 25.4 Å². The Bertz CT molecular complexity index is 577. The molecule has 1 fully saturated rings. The van der Waals surface area contributed by atoms with Crippen molar-refractivity contribution in [3.63, 3.8) is 0 Å². The number of piperazine rings is 1. The molecule has 4 heteroatoms. The molecule has 0 bridgehead atoms. The molecule has 122 valence electrons. The Morgan fingerprint density at radius 2 is 1.35 bits per heavy atom. The van der Waals surface area contributed by atoms with Crippen molar-refractivity contribution in [3.8, 4) is 5.75 Å². The molecule has 0 unspecified atom stereocenters. The molecule has 0 saturated carbocycles. The molecule has 1 aliphatic heterocycles. The van der Waals surface area contributed by atoms with E-state index in [1.165, 1.54) is 37.3 Å². The Balaban J connectivity index is 1.45. The predicted molar refractivity (Wildman–Crippen MR) is 90.6 cm³/mol. The summed E-state index contributed by atoms with van der Waals surface area (Å²) in [6.07, 6.45) is 3.78. The highest BCUT2D eigenvalue weighted by Gasteiger charge is 2.23. The highest BCUT2D eigenvalue weighted by molar-refractivity contribution is 5.26. The first-order valence-electron chi connectivity index (χ1n) is 8.61. The van der Waals surface area contributed by atoms with Crippen LogP contribution in [0.3, 0.4) is 0 Å². The summed E-state index contributed by atoms with van der Waals surface area (Å²) in [5.41, 5.74) is 2.80. The molecule has 1 aromatic heterocycles. The summed E-state index contributed by atoms with van der Waals surface area (Å²) >= 11 is 0. The van der Waals surface area contributed by atoms with E-state index in [2.05, 4.69) is 41.4 Å². The average molecular weight is 313 g/mol. The largest absolute Gasteiger partial charge is 0.494 e. The lowest BCUT2D eigenvalue weighted by atomic mass is 10.2. The van der Waals surface area contributed by atoms with E-state index >= 15 is 0 Å². The van der Waals surface area contributed by atoms with Crippen LogP contribution in [-0.2, 0) is 13.1 Å². The van der Waals surface area contributed by atoms with Crippen molar-refractivity contribution in [1.29, 1.82) is 0 Å². The first-order valence-corrected chi connectivity index (χ1v) is 8.61. The Morgan fingerprint density at radius 3 is 1.87 bits per heavy atom. The topological polar surface area (TPSA) is 31.0 Å². The van der Waals surface area contributed by atoms with E-state index in [-0.39, 0.29) is 0 Å². The summed E-state index contributed by atoms with van der Waals surface area (Å²) in [7, 11) is 0. The highest BCUT2D eigenvalue weighted by Crippen LogP contribution is 2.11. The van der Waals surface area contributed by atoms with Crippen LogP contribution in [0, 0.1) is 0 Å². The summed E-state index contributed by atoms with van der Waals surface area (Å²) in [6, 6.07) is 12.8. The van der Waals surface area contributed by atoms with Crippen molar-refractivity contribution in [2.24, 2.45) is 0 Å². The maximum atomic E-state index is 5.51. The molecule has 1 aliphatic rings. The summed E-state index contributed by atoms with van der Waals surface area (Å²) in [5.74, 6) is 0.970. The number of hydrogen-bond donors (Lipinski definition) is 2. The van der Waals surface area contributed by atoms with Gasteiger partial charge in [0.1, 0.15) is 45.0 Å². The molecular formula is C19H27N3O+2. The maximum absolute atomic E-state index is 5.51. The van der Waals surface area contributed by atoms with Crippen molar-refractivity contribution in [2.75, 3.05) is 32.8 Å². The van der Waals surface area contributed by atoms with Crippen LogP contribution in [0.4, 0.5) is 0 Å². The summed E-state index contributed by atoms with van der Waals surface area (Å²) in [6.45, 7) is 9.97. The molecule has 4 nitrogen and oxygen atoms in total. The summed E-state index contributed by atoms with van der Waals surface area (Å²) < 4.78 is 5.51. The van der Waals surface area contributed by atoms with Gasteiger partial charge in [-0.25, -0.2) is 0 Å². The van der Waals surface area contributed by atoms with E-state index in [1.807, 2.05) is 19.3 Å². The van der Waals surface area contributed by atoms with Gasteiger partial charge in [0.25, 0.3) is 0 Å². The van der Waals surface area contributed by atoms with Gasteiger partial charge in [0.05, 0.1) is 6.61 Å². The SMILES string of the molecule is CCOc1ccc(C[NH+]2CC[NH+](Cc3ccncc3)CC2)cc1. The van der Waals surface area contributed by atoms with Crippen molar-refractivity contribution in [3.05, 3.63) is 59.9 Å². The van der Waals surface area contributed by atoms with Crippen LogP contribution in [-0.4, -0.2) is 37.8 Å². The lowest BCUT2D eigenvalue weighted by Gasteiger charge is -2.29. The Labute approximate surface area is 138 Å². The number of pyridine rings is 1. The third kappa shape index (κ3) is 4.78. The van der Waals surface area contributed by atoms with Crippen LogP contribution in [0.1, 0.15) is 18.1 Å². The number of aromatic nitrogens is 1. The molecule has 0 amide bonds. The molecular weight excluding hydrogens is 286 g/mol. The third-order valence-corrected chi connectivity index (χ3v) is 4.56. The molecule has 1 saturated heterocycles. The van der Waals surface area contributed by atoms with Crippen LogP contribution < -0.4 is 14.5 Å². The molecule has 0 aliphatic carbocycles. The fourth-order valence-electron chi connectivity index (χ4n) is 3.26. The number of hydrogen-bond acceptors (Lipinski definition) is 2. The van der Waals surface area contributed by atoms with E-state index in [0.29, 0.717) is 0 Å². The zero-order chi connectivity index (χ0) is 15.9. The van der Waals surface area contributed by atoms with Gasteiger partial charge in [-0.3, -0.25) is 4.98 Å². The first-order chi connectivity index (χ1) is 11.3. The minimum Gasteiger partial charge on any atom is -0.494 e. The van der Waals surface area contributed by atoms with E-state index < -0.39 is 0 Å². The quantitative estimate of drug-likeness (QED) is 0.784. The van der Waals surface area contributed by atoms with Crippen molar-refractivity contribution in [1.82, 2.24) is 4.98 Å². The number of rotatable bonds is 6. The molecule has 2 N–H and O–H groups in total. The van der Waals surface area contributed by atoms with Gasteiger partial charge in [-0.05, 0) is 43.3 Å². The molecule has 0 spiro atoms. The van der Waals surface area contributed by atoms with Crippen LogP contribution in [0.2, 0.25) is 0 Å². The molecule has 23 heavy (non-hydrogen) atoms. The second kappa shape index (κ2) is 8.09. The van der Waals surface area contributed by atoms with Gasteiger partial charge in [0.2, 0.25) is 0 Å². The lowest BCUT2D eigenvalue weighted by molar-refractivity contribution is -1.02. The van der Waals surface area contributed by atoms with Crippen LogP contribution in [0.15, 0.2) is 48.8 Å². The second-order valence-electron chi connectivity index (χ2n) is 6.29. The van der Waals surface area contributed by atoms with Crippen molar-refractivity contribution < 1.29 is 14.5 Å². The van der Waals surface area contributed by atoms with Crippen molar-refractivity contribution in [2.45, 2.75) is 20.0 Å². The molecule has 0 radical (unpaired) electrons. The predicted octanol–water partition coefficient (Wildman–Crippen LogP) is -0.0361. The fraction of sp³-hybridized carbons (Fsp3) is 0.421. The van der Waals surface area contributed by atoms with Gasteiger partial charge in [-0.15, -0.1) is 0 Å². The minimum absolute atomic E-state index is 0.729. The zero-order valence-corrected chi connectivity index (χ0v) is 13.9. The van der Waals surface area contributed by atoms with E-state index in [4.69, 9.17) is 4.74 Å². The van der Waals surface area contributed by atoms with Crippen LogP contribution in [0.5, 0.6) is 5.75 Å². The Morgan fingerprint density at radius 1 is 0.826 bits per heavy atom. The smallest absolute Gasteiger partial charge is 0.127 e. The molecule has 3 rings (SSSR count). The number of benzene rings is 1. The van der Waals surface area contributed by atoms with Gasteiger partial charge in [-0.1, -0.05) is 0 Å². The second-order valence-corrected chi connectivity index (χ2v) is 6.29. The normalized spacial score (nSPS) is 21.1. The van der Waals surface area contributed by atoms with E-state index in [9.17, 15) is 0 Å². The lowest BCUT2D eigenvalue weighted by Crippen LogP contribution is -3.27. The fourth-order valence-corrected chi connectivity index (χ4v) is 3.26. The standard InChI is InChI=1S/C19H25N3O/c1-2-23-19-5-3-17(4-6-19)15-21-11-13-22(14-12-21)16-18-7-9-20-10-8-18/h3-10H,2,11-16H2,1H3/p+2. The molecule has 0 atom stereocenters. The zero-order valence-electron chi connectivity index (χ0n) is 13.9. The van der Waals surface area contributed by atoms with Crippen LogP contribution in [0.25, 0.3) is 0 Å². The van der Waals surface area contributed by atoms with E-state index in [1.54, 1.807) is 9.80 Å². The van der Waals surface area contributed by atoms with Gasteiger partial charge in [-0.2, -0.15) is 0 Å². The maximum Gasteiger partial charge on any atom is 0.127 e. The summed E-state index contributed by atoms with van der Waals surface area (Å²) in [4.78, 5) is 7.47. The van der Waals surface area contributed by atoms with Gasteiger partial charge in [0, 0.05) is 23.5 Å². The molecule has 2 heterocycles. The summed E-state index contributed by atoms with van der Waals surface area (Å²) in [5, 5.41) is 0. The van der Waals surface area contributed by atoms with Gasteiger partial charge in [0.15, 0.2) is 0 Å². The first kappa shape index (κ1) is 16.0. The number of ether oxygens (including phenoxy) is 1. The highest BCUT2D eigenvalue weighted by atomic mass is 16.5. The number of quaternary nitrogens is 2. The average Bonchev–Trinajstić information content (AvgIpc) is 2.60. The number of nitrogens with one attached hydrogen (secondary N) is 2. The van der Waals surface area contributed by atoms with Gasteiger partial charge >= 0.3 is 0 Å². The van der Waals surface area contributed by atoms with Gasteiger partial charge < -0.3 is 14.5 Å². The Hall–Kier alpha value is -1.91. The molecule has 1 aromatic carbocycles. The third-order valence-electron chi connectivity index (χ3n) is 4.56. The number of nitrogens with zero attached hydrogens (tertiary/aromatic N) is 1. The molecule has 2 aromatic rings. The Kier molecular flexibility index (Phi) is 5.61.